The molecule has 0 unspecified atom stereocenters. The summed E-state index contributed by atoms with van der Waals surface area (Å²) in [5, 5.41) is 1.79. The normalized spacial score (nSPS) is 11.1. The molecule has 0 atom stereocenters. The monoisotopic (exact) mass is 554 g/mol. The van der Waals surface area contributed by atoms with E-state index in [-0.39, 0.29) is 16.3 Å². The lowest BCUT2D eigenvalue weighted by molar-refractivity contribution is -0.387. The number of sulfonamides is 1. The summed E-state index contributed by atoms with van der Waals surface area (Å²) < 4.78 is 63.4. The second kappa shape index (κ2) is 11.6. The van der Waals surface area contributed by atoms with E-state index in [2.05, 4.69) is 9.71 Å². The van der Waals surface area contributed by atoms with Gasteiger partial charge in [0.1, 0.15) is 10.0 Å². The molecular formula is C28H30N2O8S. The summed E-state index contributed by atoms with van der Waals surface area (Å²) >= 11 is 0. The highest BCUT2D eigenvalue weighted by Gasteiger charge is 2.18. The van der Waals surface area contributed by atoms with Gasteiger partial charge in [-0.3, -0.25) is 0 Å². The maximum absolute atomic E-state index is 13.4. The van der Waals surface area contributed by atoms with Crippen LogP contribution in [0, 0.1) is 0 Å². The van der Waals surface area contributed by atoms with Crippen LogP contribution in [0.1, 0.15) is 11.3 Å². The molecule has 1 heterocycles. The lowest BCUT2D eigenvalue weighted by Gasteiger charge is -2.26. The number of aromatic amines is 1. The Kier molecular flexibility index (Phi) is 8.20. The Morgan fingerprint density at radius 1 is 0.667 bits per heavy atom. The van der Waals surface area contributed by atoms with E-state index in [1.165, 1.54) is 46.6 Å². The Morgan fingerprint density at radius 2 is 1.23 bits per heavy atom. The van der Waals surface area contributed by atoms with Gasteiger partial charge in [0.05, 0.1) is 59.4 Å². The third-order valence-electron chi connectivity index (χ3n) is 6.22. The van der Waals surface area contributed by atoms with Crippen molar-refractivity contribution in [2.75, 3.05) is 42.7 Å². The van der Waals surface area contributed by atoms with Crippen LogP contribution in [0.2, 0.25) is 0 Å². The van der Waals surface area contributed by atoms with E-state index >= 15 is 0 Å². The second-order valence-corrected chi connectivity index (χ2v) is 9.95. The van der Waals surface area contributed by atoms with Crippen molar-refractivity contribution >= 4 is 26.5 Å². The summed E-state index contributed by atoms with van der Waals surface area (Å²) in [6, 6.07) is 13.2. The smallest absolute Gasteiger partial charge is 0.192 e. The topological polar surface area (TPSA) is 118 Å². The van der Waals surface area contributed by atoms with E-state index in [0.29, 0.717) is 40.7 Å². The number of hydrogen-bond donors (Lipinski definition) is 0. The van der Waals surface area contributed by atoms with Crippen molar-refractivity contribution < 1.29 is 41.8 Å². The fraction of sp³-hybridized carbons (Fsp3) is 0.250. The highest BCUT2D eigenvalue weighted by Crippen LogP contribution is 2.42. The summed E-state index contributed by atoms with van der Waals surface area (Å²) in [7, 11) is 4.90. The van der Waals surface area contributed by atoms with Crippen molar-refractivity contribution in [3.63, 3.8) is 0 Å². The molecule has 1 N–H and O–H groups in total. The van der Waals surface area contributed by atoms with Crippen LogP contribution in [0.15, 0.2) is 59.6 Å². The minimum absolute atomic E-state index is 0.0468. The standard InChI is InChI=1S/C28H29N2O8S/c1-33-23-8-7-19(14-26(23)36-4)39(31,32)30-21-16-28(38-6)25(35-3)13-18(21)11-22-20-15-27(37-5)24(34-2)12-17(20)9-10-29-22/h7-10,12-16H,11H2,1-6H3/q-1/p+1. The van der Waals surface area contributed by atoms with Gasteiger partial charge in [0, 0.05) is 12.1 Å². The number of aromatic nitrogens is 1. The second-order valence-electron chi connectivity index (χ2n) is 8.35. The number of nitrogens with zero attached hydrogens (tertiary/aromatic N) is 1. The summed E-state index contributed by atoms with van der Waals surface area (Å²) in [5.74, 6) is 2.63. The van der Waals surface area contributed by atoms with Crippen LogP contribution < -0.4 is 33.4 Å². The number of pyridine rings is 1. The van der Waals surface area contributed by atoms with Crippen LogP contribution in [0.4, 0.5) is 5.69 Å². The fourth-order valence-electron chi connectivity index (χ4n) is 4.24. The average molecular weight is 555 g/mol. The van der Waals surface area contributed by atoms with Gasteiger partial charge in [-0.2, -0.15) is 0 Å². The van der Waals surface area contributed by atoms with Gasteiger partial charge in [-0.25, -0.2) is 13.4 Å². The molecule has 0 saturated heterocycles. The maximum Gasteiger partial charge on any atom is 0.192 e. The highest BCUT2D eigenvalue weighted by molar-refractivity contribution is 7.94. The first-order valence-corrected chi connectivity index (χ1v) is 13.2. The predicted molar refractivity (Wildman–Crippen MR) is 146 cm³/mol. The third kappa shape index (κ3) is 5.58. The molecule has 0 bridgehead atoms. The number of methoxy groups -OCH3 is 6. The van der Waals surface area contributed by atoms with Gasteiger partial charge < -0.3 is 33.1 Å². The van der Waals surface area contributed by atoms with Crippen LogP contribution >= 0.6 is 0 Å². The Morgan fingerprint density at radius 3 is 1.87 bits per heavy atom. The van der Waals surface area contributed by atoms with Crippen LogP contribution in [0.5, 0.6) is 34.5 Å². The molecule has 0 spiro atoms. The first-order chi connectivity index (χ1) is 18.8. The molecular weight excluding hydrogens is 524 g/mol. The van der Waals surface area contributed by atoms with E-state index < -0.39 is 10.0 Å². The molecule has 0 saturated carbocycles. The van der Waals surface area contributed by atoms with Gasteiger partial charge in [-0.15, -0.1) is 5.69 Å². The zero-order valence-electron chi connectivity index (χ0n) is 22.5. The van der Waals surface area contributed by atoms with Crippen LogP contribution in [0.3, 0.4) is 0 Å². The molecule has 4 aromatic rings. The lowest BCUT2D eigenvalue weighted by Crippen LogP contribution is -2.12. The first-order valence-electron chi connectivity index (χ1n) is 11.8. The summed E-state index contributed by atoms with van der Waals surface area (Å²) in [6.07, 6.45) is 2.11. The van der Waals surface area contributed by atoms with Crippen molar-refractivity contribution in [3.8, 4) is 34.5 Å². The molecule has 0 aliphatic carbocycles. The van der Waals surface area contributed by atoms with E-state index in [4.69, 9.17) is 28.4 Å². The summed E-state index contributed by atoms with van der Waals surface area (Å²) in [6.45, 7) is 0. The molecule has 0 aliphatic rings. The molecule has 1 aromatic heterocycles. The molecule has 0 aliphatic heterocycles. The molecule has 0 radical (unpaired) electrons. The third-order valence-corrected chi connectivity index (χ3v) is 7.51. The summed E-state index contributed by atoms with van der Waals surface area (Å²) in [4.78, 5) is 3.23. The highest BCUT2D eigenvalue weighted by atomic mass is 32.2. The number of ether oxygens (including phenoxy) is 6. The van der Waals surface area contributed by atoms with Crippen molar-refractivity contribution in [2.24, 2.45) is 0 Å². The van der Waals surface area contributed by atoms with Crippen molar-refractivity contribution in [1.82, 2.24) is 0 Å². The Bertz CT molecular complexity index is 1610. The number of nitrogens with one attached hydrogen (secondary N) is 1. The number of rotatable bonds is 11. The van der Waals surface area contributed by atoms with Gasteiger partial charge >= 0.3 is 0 Å². The fourth-order valence-corrected chi connectivity index (χ4v) is 5.27. The quantitative estimate of drug-likeness (QED) is 0.262. The first kappa shape index (κ1) is 27.6. The number of fused-ring (bicyclic) bond motifs is 1. The maximum atomic E-state index is 13.4. The van der Waals surface area contributed by atoms with Crippen molar-refractivity contribution in [1.29, 1.82) is 0 Å². The van der Waals surface area contributed by atoms with Crippen LogP contribution in [0.25, 0.3) is 15.5 Å². The molecule has 10 nitrogen and oxygen atoms in total. The minimum atomic E-state index is -4.15. The van der Waals surface area contributed by atoms with Gasteiger partial charge in [0.15, 0.2) is 46.4 Å². The zero-order chi connectivity index (χ0) is 28.2. The summed E-state index contributed by atoms with van der Waals surface area (Å²) in [5.41, 5.74) is 1.60. The van der Waals surface area contributed by atoms with Gasteiger partial charge in [-0.1, -0.05) is 0 Å². The largest absolute Gasteiger partial charge is 0.572 e. The lowest BCUT2D eigenvalue weighted by atomic mass is 10.0. The van der Waals surface area contributed by atoms with Crippen molar-refractivity contribution in [2.45, 2.75) is 11.3 Å². The van der Waals surface area contributed by atoms with Gasteiger partial charge in [0.2, 0.25) is 0 Å². The molecule has 4 rings (SSSR count). The Labute approximate surface area is 227 Å². The number of H-pyrrole nitrogens is 1. The Hall–Kier alpha value is -4.38. The van der Waals surface area contributed by atoms with E-state index in [0.717, 1.165) is 16.5 Å². The van der Waals surface area contributed by atoms with E-state index in [9.17, 15) is 8.42 Å². The van der Waals surface area contributed by atoms with Gasteiger partial charge in [0.25, 0.3) is 0 Å². The van der Waals surface area contributed by atoms with E-state index in [1.807, 2.05) is 24.4 Å². The number of hydrogen-bond acceptors (Lipinski definition) is 8. The van der Waals surface area contributed by atoms with E-state index in [1.54, 1.807) is 26.4 Å². The van der Waals surface area contributed by atoms with Crippen LogP contribution in [-0.2, 0) is 16.4 Å². The predicted octanol–water partition coefficient (Wildman–Crippen LogP) is 4.69. The molecule has 39 heavy (non-hydrogen) atoms. The Balaban J connectivity index is 1.82. The zero-order valence-corrected chi connectivity index (χ0v) is 23.3. The average Bonchev–Trinajstić information content (AvgIpc) is 2.96. The van der Waals surface area contributed by atoms with Crippen LogP contribution in [-0.4, -0.2) is 51.1 Å². The molecule has 206 valence electrons. The molecule has 11 heteroatoms. The van der Waals surface area contributed by atoms with Crippen molar-refractivity contribution in [3.05, 3.63) is 70.7 Å². The molecule has 3 aromatic carbocycles. The molecule has 0 fully saturated rings. The molecule has 0 amide bonds. The minimum Gasteiger partial charge on any atom is -0.572 e. The SMILES string of the molecule is COc1ccc(S(=O)(=O)[N-]c2cc(OC)c(OC)cc2Cc2[nH+]ccc3cc(OC)c(OC)cc23)cc1OC. The van der Waals surface area contributed by atoms with Gasteiger partial charge in [-0.05, 0) is 47.3 Å². The number of benzene rings is 3.